The Hall–Kier alpha value is -2.64. The minimum Gasteiger partial charge on any atom is -0.247 e. The summed E-state index contributed by atoms with van der Waals surface area (Å²) < 4.78 is 0. The number of hydrogen-bond donors (Lipinski definition) is 0. The molecule has 0 saturated heterocycles. The van der Waals surface area contributed by atoms with E-state index in [4.69, 9.17) is 16.6 Å². The summed E-state index contributed by atoms with van der Waals surface area (Å²) in [5, 5.41) is 1.73. The number of pyridine rings is 1. The maximum absolute atomic E-state index is 6.79. The molecule has 1 heterocycles. The first kappa shape index (κ1) is 14.0. The van der Waals surface area contributed by atoms with Crippen molar-refractivity contribution in [3.05, 3.63) is 90.0 Å². The molecule has 4 aromatic rings. The van der Waals surface area contributed by atoms with E-state index in [9.17, 15) is 0 Å². The zero-order chi connectivity index (χ0) is 15.6. The topological polar surface area (TPSA) is 12.9 Å². The van der Waals surface area contributed by atoms with Crippen LogP contribution in [0.25, 0.3) is 33.3 Å². The van der Waals surface area contributed by atoms with Crippen LogP contribution in [0.5, 0.6) is 0 Å². The fourth-order valence-corrected chi connectivity index (χ4v) is 3.20. The molecule has 0 aliphatic heterocycles. The molecule has 1 nitrogen and oxygen atoms in total. The SMILES string of the molecule is Clc1c(-c2ccccc2)c(-c2ccccc2)nc2ccccc12. The Morgan fingerprint density at radius 3 is 1.87 bits per heavy atom. The standard InChI is InChI=1S/C21H14ClN/c22-20-17-13-7-8-14-18(17)23-21(16-11-5-2-6-12-16)19(20)15-9-3-1-4-10-15/h1-14H. The second-order valence-corrected chi connectivity index (χ2v) is 5.78. The van der Waals surface area contributed by atoms with Gasteiger partial charge in [0.2, 0.25) is 0 Å². The van der Waals surface area contributed by atoms with Gasteiger partial charge in [0, 0.05) is 16.5 Å². The highest BCUT2D eigenvalue weighted by molar-refractivity contribution is 6.38. The van der Waals surface area contributed by atoms with Gasteiger partial charge in [0.1, 0.15) is 0 Å². The first-order valence-electron chi connectivity index (χ1n) is 7.53. The maximum Gasteiger partial charge on any atom is 0.0803 e. The first-order chi connectivity index (χ1) is 11.3. The van der Waals surface area contributed by atoms with E-state index in [1.807, 2.05) is 60.7 Å². The predicted octanol–water partition coefficient (Wildman–Crippen LogP) is 6.22. The lowest BCUT2D eigenvalue weighted by molar-refractivity contribution is 1.39. The van der Waals surface area contributed by atoms with Crippen LogP contribution in [0.3, 0.4) is 0 Å². The van der Waals surface area contributed by atoms with Crippen LogP contribution in [-0.2, 0) is 0 Å². The van der Waals surface area contributed by atoms with Crippen molar-refractivity contribution in [1.82, 2.24) is 4.98 Å². The highest BCUT2D eigenvalue weighted by Crippen LogP contribution is 2.40. The van der Waals surface area contributed by atoms with Crippen LogP contribution in [-0.4, -0.2) is 4.98 Å². The van der Waals surface area contributed by atoms with Gasteiger partial charge in [-0.15, -0.1) is 0 Å². The number of para-hydroxylation sites is 1. The molecule has 0 unspecified atom stereocenters. The van der Waals surface area contributed by atoms with Crippen LogP contribution in [0.15, 0.2) is 84.9 Å². The van der Waals surface area contributed by atoms with Gasteiger partial charge in [-0.2, -0.15) is 0 Å². The molecule has 0 atom stereocenters. The van der Waals surface area contributed by atoms with Gasteiger partial charge in [-0.3, -0.25) is 0 Å². The third kappa shape index (κ3) is 2.49. The lowest BCUT2D eigenvalue weighted by Gasteiger charge is -2.14. The summed E-state index contributed by atoms with van der Waals surface area (Å²) in [6, 6.07) is 28.4. The third-order valence-corrected chi connectivity index (χ3v) is 4.33. The predicted molar refractivity (Wildman–Crippen MR) is 97.6 cm³/mol. The molecule has 3 aromatic carbocycles. The molecule has 0 N–H and O–H groups in total. The molecule has 1 aromatic heterocycles. The summed E-state index contributed by atoms with van der Waals surface area (Å²) in [4.78, 5) is 4.90. The zero-order valence-electron chi connectivity index (χ0n) is 12.4. The second-order valence-electron chi connectivity index (χ2n) is 5.40. The van der Waals surface area contributed by atoms with Crippen molar-refractivity contribution in [2.45, 2.75) is 0 Å². The third-order valence-electron chi connectivity index (χ3n) is 3.94. The first-order valence-corrected chi connectivity index (χ1v) is 7.91. The molecular weight excluding hydrogens is 302 g/mol. The molecule has 0 bridgehead atoms. The van der Waals surface area contributed by atoms with Crippen molar-refractivity contribution >= 4 is 22.5 Å². The number of hydrogen-bond acceptors (Lipinski definition) is 1. The van der Waals surface area contributed by atoms with Crippen LogP contribution in [0.4, 0.5) is 0 Å². The van der Waals surface area contributed by atoms with Crippen molar-refractivity contribution in [3.63, 3.8) is 0 Å². The smallest absolute Gasteiger partial charge is 0.0803 e. The molecule has 0 aliphatic carbocycles. The van der Waals surface area contributed by atoms with Crippen LogP contribution in [0, 0.1) is 0 Å². The Morgan fingerprint density at radius 2 is 1.17 bits per heavy atom. The van der Waals surface area contributed by atoms with Crippen molar-refractivity contribution in [3.8, 4) is 22.4 Å². The van der Waals surface area contributed by atoms with Gasteiger partial charge in [0.25, 0.3) is 0 Å². The number of nitrogens with zero attached hydrogens (tertiary/aromatic N) is 1. The van der Waals surface area contributed by atoms with Gasteiger partial charge in [-0.1, -0.05) is 90.5 Å². The Kier molecular flexibility index (Phi) is 3.57. The Bertz CT molecular complexity index is 963. The van der Waals surface area contributed by atoms with Gasteiger partial charge in [-0.25, -0.2) is 4.98 Å². The molecule has 110 valence electrons. The Morgan fingerprint density at radius 1 is 0.609 bits per heavy atom. The molecule has 2 heteroatoms. The van der Waals surface area contributed by atoms with Crippen LogP contribution < -0.4 is 0 Å². The summed E-state index contributed by atoms with van der Waals surface area (Å²) >= 11 is 6.79. The van der Waals surface area contributed by atoms with E-state index in [2.05, 4.69) is 24.3 Å². The summed E-state index contributed by atoms with van der Waals surface area (Å²) in [6.07, 6.45) is 0. The zero-order valence-corrected chi connectivity index (χ0v) is 13.2. The van der Waals surface area contributed by atoms with E-state index < -0.39 is 0 Å². The van der Waals surface area contributed by atoms with Crippen LogP contribution in [0.2, 0.25) is 5.02 Å². The number of aromatic nitrogens is 1. The minimum absolute atomic E-state index is 0.751. The summed E-state index contributed by atoms with van der Waals surface area (Å²) in [7, 11) is 0. The second kappa shape index (κ2) is 5.86. The average molecular weight is 316 g/mol. The lowest BCUT2D eigenvalue weighted by atomic mass is 9.97. The van der Waals surface area contributed by atoms with E-state index in [0.29, 0.717) is 0 Å². The number of halogens is 1. The van der Waals surface area contributed by atoms with E-state index >= 15 is 0 Å². The highest BCUT2D eigenvalue weighted by atomic mass is 35.5. The molecule has 0 aliphatic rings. The normalized spacial score (nSPS) is 10.8. The van der Waals surface area contributed by atoms with Crippen molar-refractivity contribution < 1.29 is 0 Å². The van der Waals surface area contributed by atoms with Gasteiger partial charge in [-0.05, 0) is 11.6 Å². The molecule has 4 rings (SSSR count). The Labute approximate surface area is 140 Å². The fraction of sp³-hybridized carbons (Fsp3) is 0. The number of rotatable bonds is 2. The van der Waals surface area contributed by atoms with E-state index in [1.54, 1.807) is 0 Å². The molecular formula is C21H14ClN. The minimum atomic E-state index is 0.751. The van der Waals surface area contributed by atoms with Crippen LogP contribution in [0.1, 0.15) is 0 Å². The lowest BCUT2D eigenvalue weighted by Crippen LogP contribution is -1.93. The molecule has 0 radical (unpaired) electrons. The maximum atomic E-state index is 6.79. The highest BCUT2D eigenvalue weighted by Gasteiger charge is 2.16. The monoisotopic (exact) mass is 315 g/mol. The fourth-order valence-electron chi connectivity index (χ4n) is 2.84. The van der Waals surface area contributed by atoms with Gasteiger partial charge < -0.3 is 0 Å². The summed E-state index contributed by atoms with van der Waals surface area (Å²) in [6.45, 7) is 0. The number of benzene rings is 3. The molecule has 0 fully saturated rings. The summed E-state index contributed by atoms with van der Waals surface area (Å²) in [5.41, 5.74) is 4.96. The van der Waals surface area contributed by atoms with E-state index in [1.165, 1.54) is 0 Å². The quantitative estimate of drug-likeness (QED) is 0.428. The average Bonchev–Trinajstić information content (AvgIpc) is 2.63. The molecule has 0 amide bonds. The van der Waals surface area contributed by atoms with Crippen LogP contribution >= 0.6 is 11.6 Å². The van der Waals surface area contributed by atoms with Gasteiger partial charge >= 0.3 is 0 Å². The van der Waals surface area contributed by atoms with Gasteiger partial charge in [0.15, 0.2) is 0 Å². The molecule has 0 spiro atoms. The van der Waals surface area contributed by atoms with E-state index in [0.717, 1.165) is 38.3 Å². The number of fused-ring (bicyclic) bond motifs is 1. The Balaban J connectivity index is 2.11. The summed E-state index contributed by atoms with van der Waals surface area (Å²) in [5.74, 6) is 0. The van der Waals surface area contributed by atoms with Crippen molar-refractivity contribution in [1.29, 1.82) is 0 Å². The molecule has 23 heavy (non-hydrogen) atoms. The largest absolute Gasteiger partial charge is 0.247 e. The van der Waals surface area contributed by atoms with Crippen molar-refractivity contribution in [2.24, 2.45) is 0 Å². The molecule has 0 saturated carbocycles. The van der Waals surface area contributed by atoms with E-state index in [-0.39, 0.29) is 0 Å². The van der Waals surface area contributed by atoms with Crippen molar-refractivity contribution in [2.75, 3.05) is 0 Å². The van der Waals surface area contributed by atoms with Gasteiger partial charge in [0.05, 0.1) is 16.2 Å².